The summed E-state index contributed by atoms with van der Waals surface area (Å²) < 4.78 is 0. The SMILES string of the molecule is C/C=C1/CCC2C3CC=C4CC(O)CCC4(C)C3C(O)CC12C. The topological polar surface area (TPSA) is 40.5 Å². The minimum Gasteiger partial charge on any atom is -0.393 e. The second-order valence-electron chi connectivity index (χ2n) is 9.12. The summed E-state index contributed by atoms with van der Waals surface area (Å²) in [6.07, 6.45) is 11.7. The number of allylic oxidation sites excluding steroid dienone is 3. The summed E-state index contributed by atoms with van der Waals surface area (Å²) in [6, 6.07) is 0. The molecule has 23 heavy (non-hydrogen) atoms. The fourth-order valence-corrected chi connectivity index (χ4v) is 7.09. The van der Waals surface area contributed by atoms with E-state index in [0.717, 1.165) is 38.0 Å². The van der Waals surface area contributed by atoms with Crippen LogP contribution in [0.3, 0.4) is 0 Å². The minimum absolute atomic E-state index is 0.113. The fraction of sp³-hybridized carbons (Fsp3) is 0.810. The van der Waals surface area contributed by atoms with Crippen LogP contribution in [0.1, 0.15) is 65.7 Å². The van der Waals surface area contributed by atoms with Crippen LogP contribution in [0.4, 0.5) is 0 Å². The van der Waals surface area contributed by atoms with Crippen LogP contribution < -0.4 is 0 Å². The summed E-state index contributed by atoms with van der Waals surface area (Å²) in [5.41, 5.74) is 3.34. The van der Waals surface area contributed by atoms with Gasteiger partial charge in [0.15, 0.2) is 0 Å². The molecule has 0 radical (unpaired) electrons. The number of hydrogen-bond acceptors (Lipinski definition) is 2. The molecule has 0 bridgehead atoms. The van der Waals surface area contributed by atoms with Crippen molar-refractivity contribution < 1.29 is 10.2 Å². The van der Waals surface area contributed by atoms with E-state index in [0.29, 0.717) is 11.8 Å². The number of rotatable bonds is 0. The standard InChI is InChI=1S/C21H32O2/c1-4-13-6-8-17-16-7-5-14-11-15(22)9-10-20(14,2)19(16)18(23)12-21(13,17)3/h4-5,15-19,22-23H,6-12H2,1-3H3/b13-4-. The van der Waals surface area contributed by atoms with Crippen LogP contribution in [-0.4, -0.2) is 22.4 Å². The second-order valence-corrected chi connectivity index (χ2v) is 9.12. The van der Waals surface area contributed by atoms with E-state index in [1.54, 1.807) is 5.57 Å². The Kier molecular flexibility index (Phi) is 3.59. The van der Waals surface area contributed by atoms with Crippen molar-refractivity contribution in [3.63, 3.8) is 0 Å². The van der Waals surface area contributed by atoms with Gasteiger partial charge in [0.1, 0.15) is 0 Å². The van der Waals surface area contributed by atoms with Gasteiger partial charge in [-0.25, -0.2) is 0 Å². The zero-order valence-electron chi connectivity index (χ0n) is 14.9. The van der Waals surface area contributed by atoms with Gasteiger partial charge in [0, 0.05) is 0 Å². The molecule has 0 spiro atoms. The summed E-state index contributed by atoms with van der Waals surface area (Å²) in [5, 5.41) is 21.3. The smallest absolute Gasteiger partial charge is 0.0587 e. The Morgan fingerprint density at radius 1 is 1.17 bits per heavy atom. The molecule has 2 heteroatoms. The summed E-state index contributed by atoms with van der Waals surface area (Å²) in [7, 11) is 0. The highest BCUT2D eigenvalue weighted by molar-refractivity contribution is 5.30. The normalized spacial score (nSPS) is 54.2. The predicted molar refractivity (Wildman–Crippen MR) is 92.9 cm³/mol. The average Bonchev–Trinajstić information content (AvgIpc) is 2.83. The molecule has 0 heterocycles. The summed E-state index contributed by atoms with van der Waals surface area (Å²) in [5.74, 6) is 1.73. The highest BCUT2D eigenvalue weighted by Gasteiger charge is 2.60. The van der Waals surface area contributed by atoms with Crippen LogP contribution in [0.5, 0.6) is 0 Å². The summed E-state index contributed by atoms with van der Waals surface area (Å²) in [6.45, 7) is 6.95. The molecule has 4 aliphatic rings. The van der Waals surface area contributed by atoms with Crippen molar-refractivity contribution in [2.24, 2.45) is 28.6 Å². The Morgan fingerprint density at radius 2 is 1.96 bits per heavy atom. The lowest BCUT2D eigenvalue weighted by atomic mass is 9.47. The van der Waals surface area contributed by atoms with Crippen LogP contribution in [0.15, 0.2) is 23.3 Å². The maximum absolute atomic E-state index is 11.2. The van der Waals surface area contributed by atoms with Crippen molar-refractivity contribution in [1.29, 1.82) is 0 Å². The first-order valence-corrected chi connectivity index (χ1v) is 9.61. The zero-order valence-corrected chi connectivity index (χ0v) is 14.9. The molecule has 0 aliphatic heterocycles. The Morgan fingerprint density at radius 3 is 2.70 bits per heavy atom. The highest BCUT2D eigenvalue weighted by Crippen LogP contribution is 2.66. The van der Waals surface area contributed by atoms with E-state index in [4.69, 9.17) is 0 Å². The lowest BCUT2D eigenvalue weighted by molar-refractivity contribution is -0.107. The molecule has 0 aromatic rings. The molecule has 0 amide bonds. The van der Waals surface area contributed by atoms with Gasteiger partial charge in [-0.3, -0.25) is 0 Å². The van der Waals surface area contributed by atoms with Crippen molar-refractivity contribution in [3.05, 3.63) is 23.3 Å². The van der Waals surface area contributed by atoms with Gasteiger partial charge in [-0.15, -0.1) is 0 Å². The maximum Gasteiger partial charge on any atom is 0.0587 e. The van der Waals surface area contributed by atoms with Crippen LogP contribution in [0.2, 0.25) is 0 Å². The van der Waals surface area contributed by atoms with Gasteiger partial charge in [-0.2, -0.15) is 0 Å². The van der Waals surface area contributed by atoms with E-state index in [2.05, 4.69) is 32.9 Å². The molecule has 0 saturated heterocycles. The van der Waals surface area contributed by atoms with Crippen LogP contribution in [-0.2, 0) is 0 Å². The summed E-state index contributed by atoms with van der Waals surface area (Å²) >= 11 is 0. The molecule has 3 fully saturated rings. The third-order valence-electron chi connectivity index (χ3n) is 8.21. The Balaban J connectivity index is 1.74. The minimum atomic E-state index is -0.196. The third kappa shape index (κ3) is 2.07. The Labute approximate surface area is 140 Å². The van der Waals surface area contributed by atoms with Gasteiger partial charge < -0.3 is 10.2 Å². The molecule has 128 valence electrons. The van der Waals surface area contributed by atoms with Crippen molar-refractivity contribution in [3.8, 4) is 0 Å². The summed E-state index contributed by atoms with van der Waals surface area (Å²) in [4.78, 5) is 0. The van der Waals surface area contributed by atoms with Gasteiger partial charge in [0.25, 0.3) is 0 Å². The molecule has 2 nitrogen and oxygen atoms in total. The average molecular weight is 316 g/mol. The molecular weight excluding hydrogens is 284 g/mol. The Hall–Kier alpha value is -0.600. The maximum atomic E-state index is 11.2. The molecule has 4 rings (SSSR count). The van der Waals surface area contributed by atoms with E-state index in [-0.39, 0.29) is 23.0 Å². The van der Waals surface area contributed by atoms with E-state index in [1.165, 1.54) is 18.4 Å². The van der Waals surface area contributed by atoms with Crippen molar-refractivity contribution in [1.82, 2.24) is 0 Å². The molecule has 7 atom stereocenters. The van der Waals surface area contributed by atoms with Gasteiger partial charge in [0.05, 0.1) is 12.2 Å². The largest absolute Gasteiger partial charge is 0.393 e. The first-order valence-electron chi connectivity index (χ1n) is 9.61. The van der Waals surface area contributed by atoms with E-state index in [9.17, 15) is 10.2 Å². The van der Waals surface area contributed by atoms with Crippen molar-refractivity contribution >= 4 is 0 Å². The number of hydrogen-bond donors (Lipinski definition) is 2. The monoisotopic (exact) mass is 316 g/mol. The van der Waals surface area contributed by atoms with Crippen molar-refractivity contribution in [2.45, 2.75) is 77.9 Å². The van der Waals surface area contributed by atoms with Crippen molar-refractivity contribution in [2.75, 3.05) is 0 Å². The first kappa shape index (κ1) is 15.9. The lowest BCUT2D eigenvalue weighted by Gasteiger charge is -2.59. The van der Waals surface area contributed by atoms with Gasteiger partial charge in [-0.1, -0.05) is 37.1 Å². The number of fused-ring (bicyclic) bond motifs is 5. The number of aliphatic hydroxyl groups excluding tert-OH is 2. The van der Waals surface area contributed by atoms with Crippen LogP contribution in [0.25, 0.3) is 0 Å². The first-order chi connectivity index (χ1) is 10.9. The molecule has 2 N–H and O–H groups in total. The molecule has 3 saturated carbocycles. The van der Waals surface area contributed by atoms with Gasteiger partial charge in [-0.05, 0) is 80.5 Å². The molecule has 7 unspecified atom stereocenters. The lowest BCUT2D eigenvalue weighted by Crippen LogP contribution is -2.55. The van der Waals surface area contributed by atoms with Crippen LogP contribution in [0, 0.1) is 28.6 Å². The van der Waals surface area contributed by atoms with Gasteiger partial charge >= 0.3 is 0 Å². The zero-order chi connectivity index (χ0) is 16.4. The molecule has 4 aliphatic carbocycles. The Bertz CT molecular complexity index is 562. The third-order valence-corrected chi connectivity index (χ3v) is 8.21. The predicted octanol–water partition coefficient (Wildman–Crippen LogP) is 4.23. The van der Waals surface area contributed by atoms with Crippen LogP contribution >= 0.6 is 0 Å². The van der Waals surface area contributed by atoms with E-state index >= 15 is 0 Å². The molecular formula is C21H32O2. The van der Waals surface area contributed by atoms with E-state index in [1.807, 2.05) is 0 Å². The quantitative estimate of drug-likeness (QED) is 0.657. The van der Waals surface area contributed by atoms with E-state index < -0.39 is 0 Å². The number of aliphatic hydroxyl groups is 2. The fourth-order valence-electron chi connectivity index (χ4n) is 7.09. The second kappa shape index (κ2) is 5.20. The van der Waals surface area contributed by atoms with Gasteiger partial charge in [0.2, 0.25) is 0 Å². The molecule has 0 aromatic heterocycles. The molecule has 0 aromatic carbocycles. The highest BCUT2D eigenvalue weighted by atomic mass is 16.3.